The van der Waals surface area contributed by atoms with E-state index in [1.54, 1.807) is 12.1 Å². The van der Waals surface area contributed by atoms with Crippen LogP contribution in [0.3, 0.4) is 0 Å². The van der Waals surface area contributed by atoms with Crippen molar-refractivity contribution in [3.05, 3.63) is 82.9 Å². The molecule has 0 spiro atoms. The van der Waals surface area contributed by atoms with Gasteiger partial charge in [0.2, 0.25) is 10.0 Å². The molecule has 0 atom stereocenters. The van der Waals surface area contributed by atoms with Gasteiger partial charge in [-0.25, -0.2) is 13.7 Å². The van der Waals surface area contributed by atoms with E-state index >= 15 is 0 Å². The Balaban J connectivity index is 1.73. The second-order valence-electron chi connectivity index (χ2n) is 6.31. The molecule has 4 rings (SSSR count). The predicted octanol–water partition coefficient (Wildman–Crippen LogP) is 5.13. The third kappa shape index (κ3) is 3.70. The van der Waals surface area contributed by atoms with E-state index in [0.29, 0.717) is 10.7 Å². The Kier molecular flexibility index (Phi) is 4.42. The highest BCUT2D eigenvalue weighted by molar-refractivity contribution is 7.92. The van der Waals surface area contributed by atoms with Crippen molar-refractivity contribution in [2.45, 2.75) is 0 Å². The van der Waals surface area contributed by atoms with Gasteiger partial charge in [-0.05, 0) is 35.9 Å². The minimum absolute atomic E-state index is 0.524. The van der Waals surface area contributed by atoms with Gasteiger partial charge in [0.05, 0.1) is 23.3 Å². The molecule has 6 heteroatoms. The zero-order chi connectivity index (χ0) is 19.0. The van der Waals surface area contributed by atoms with E-state index in [1.165, 1.54) is 0 Å². The number of fused-ring (bicyclic) bond motifs is 1. The van der Waals surface area contributed by atoms with E-state index in [1.807, 2.05) is 60.7 Å². The minimum Gasteiger partial charge on any atom is -0.283 e. The third-order valence-electron chi connectivity index (χ3n) is 4.24. The third-order valence-corrected chi connectivity index (χ3v) is 5.16. The van der Waals surface area contributed by atoms with Crippen LogP contribution >= 0.6 is 11.6 Å². The number of benzene rings is 3. The molecule has 0 saturated heterocycles. The van der Waals surface area contributed by atoms with E-state index in [-0.39, 0.29) is 0 Å². The molecule has 3 aromatic rings. The van der Waals surface area contributed by atoms with Crippen molar-refractivity contribution in [2.24, 2.45) is 0 Å². The molecule has 1 heterocycles. The summed E-state index contributed by atoms with van der Waals surface area (Å²) in [7, 11) is -3.36. The number of sulfonamides is 1. The number of anilines is 1. The fraction of sp³-hybridized carbons (Fsp3) is 0.0476. The minimum atomic E-state index is -3.36. The molecule has 1 radical (unpaired) electrons. The molecule has 0 amide bonds. The quantitative estimate of drug-likeness (QED) is 0.665. The first-order chi connectivity index (χ1) is 12.9. The highest BCUT2D eigenvalue weighted by atomic mass is 35.5. The highest BCUT2D eigenvalue weighted by Gasteiger charge is 2.20. The zero-order valence-electron chi connectivity index (χ0n) is 14.5. The summed E-state index contributed by atoms with van der Waals surface area (Å²) in [6.45, 7) is 0. The Bertz CT molecular complexity index is 1170. The van der Waals surface area contributed by atoms with Gasteiger partial charge >= 0.3 is 0 Å². The van der Waals surface area contributed by atoms with Gasteiger partial charge in [0.15, 0.2) is 0 Å². The van der Waals surface area contributed by atoms with Crippen LogP contribution in [0.15, 0.2) is 66.7 Å². The second kappa shape index (κ2) is 6.76. The Labute approximate surface area is 163 Å². The van der Waals surface area contributed by atoms with Gasteiger partial charge < -0.3 is 0 Å². The summed E-state index contributed by atoms with van der Waals surface area (Å²) in [5.41, 5.74) is 5.70. The molecule has 1 N–H and O–H groups in total. The molecule has 0 fully saturated rings. The summed E-state index contributed by atoms with van der Waals surface area (Å²) in [6, 6.07) is 21.0. The zero-order valence-corrected chi connectivity index (χ0v) is 16.1. The van der Waals surface area contributed by atoms with Crippen molar-refractivity contribution in [1.82, 2.24) is 5.32 Å². The topological polar surface area (TPSA) is 60.3 Å². The average Bonchev–Trinajstić information content (AvgIpc) is 3.06. The van der Waals surface area contributed by atoms with Crippen LogP contribution in [0, 0.1) is 0 Å². The fourth-order valence-corrected chi connectivity index (χ4v) is 3.90. The van der Waals surface area contributed by atoms with Gasteiger partial charge in [-0.1, -0.05) is 54.1 Å². The second-order valence-corrected chi connectivity index (χ2v) is 8.47. The maximum absolute atomic E-state index is 11.6. The first-order valence-corrected chi connectivity index (χ1v) is 10.6. The molecular weight excluding hydrogens is 380 g/mol. The molecule has 0 saturated carbocycles. The lowest BCUT2D eigenvalue weighted by Gasteiger charge is -2.08. The summed E-state index contributed by atoms with van der Waals surface area (Å²) in [6.07, 6.45) is 3.03. The van der Waals surface area contributed by atoms with E-state index in [2.05, 4.69) is 10.0 Å². The number of nitrogens with zero attached hydrogens (tertiary/aromatic N) is 1. The summed E-state index contributed by atoms with van der Waals surface area (Å²) in [5, 5.41) is 5.35. The predicted molar refractivity (Wildman–Crippen MR) is 111 cm³/mol. The largest absolute Gasteiger partial charge is 0.283 e. The van der Waals surface area contributed by atoms with Crippen LogP contribution < -0.4 is 10.0 Å². The van der Waals surface area contributed by atoms with Crippen LogP contribution in [0.2, 0.25) is 5.02 Å². The number of hydrogen-bond acceptors (Lipinski definition) is 2. The van der Waals surface area contributed by atoms with Crippen molar-refractivity contribution < 1.29 is 8.42 Å². The van der Waals surface area contributed by atoms with Crippen molar-refractivity contribution in [2.75, 3.05) is 11.0 Å². The molecule has 0 unspecified atom stereocenters. The van der Waals surface area contributed by atoms with Gasteiger partial charge in [-0.15, -0.1) is 0 Å². The van der Waals surface area contributed by atoms with Crippen molar-refractivity contribution in [3.63, 3.8) is 0 Å². The Morgan fingerprint density at radius 2 is 1.67 bits per heavy atom. The summed E-state index contributed by atoms with van der Waals surface area (Å²) >= 11 is 6.32. The molecule has 0 bridgehead atoms. The standard InChI is InChI=1S/C21H16ClN2O2S/c1-27(25,26)24-20-11-5-10-19-17(20)13-21(23-19)15-7-4-6-14(12-15)16-8-2-3-9-18(16)22/h2-13,24H,1H3. The van der Waals surface area contributed by atoms with Crippen molar-refractivity contribution >= 4 is 44.8 Å². The van der Waals surface area contributed by atoms with Crippen LogP contribution in [-0.2, 0) is 10.0 Å². The fourth-order valence-electron chi connectivity index (χ4n) is 3.08. The smallest absolute Gasteiger partial charge is 0.229 e. The van der Waals surface area contributed by atoms with Gasteiger partial charge in [0.25, 0.3) is 0 Å². The maximum Gasteiger partial charge on any atom is 0.229 e. The Hall–Kier alpha value is -2.76. The van der Waals surface area contributed by atoms with Gasteiger partial charge in [-0.3, -0.25) is 4.72 Å². The first kappa shape index (κ1) is 17.6. The number of nitrogens with one attached hydrogen (secondary N) is 1. The van der Waals surface area contributed by atoms with Gasteiger partial charge in [-0.2, -0.15) is 0 Å². The van der Waals surface area contributed by atoms with Crippen molar-refractivity contribution in [3.8, 4) is 11.1 Å². The molecule has 0 aliphatic carbocycles. The normalized spacial score (nSPS) is 12.9. The summed E-state index contributed by atoms with van der Waals surface area (Å²) < 4.78 is 25.8. The number of halogens is 1. The molecule has 135 valence electrons. The van der Waals surface area contributed by atoms with Crippen LogP contribution in [0.1, 0.15) is 11.1 Å². The number of hydrogen-bond donors (Lipinski definition) is 1. The molecule has 1 aliphatic heterocycles. The van der Waals surface area contributed by atoms with E-state index in [4.69, 9.17) is 11.6 Å². The number of rotatable bonds is 4. The van der Waals surface area contributed by atoms with Gasteiger partial charge in [0, 0.05) is 21.7 Å². The summed E-state index contributed by atoms with van der Waals surface area (Å²) in [4.78, 5) is 0. The average molecular weight is 396 g/mol. The van der Waals surface area contributed by atoms with Crippen LogP contribution in [0.5, 0.6) is 0 Å². The summed E-state index contributed by atoms with van der Waals surface area (Å²) in [5.74, 6) is 0. The molecule has 1 aliphatic rings. The van der Waals surface area contributed by atoms with Gasteiger partial charge in [0.1, 0.15) is 0 Å². The molecule has 27 heavy (non-hydrogen) atoms. The monoisotopic (exact) mass is 395 g/mol. The Morgan fingerprint density at radius 3 is 2.44 bits per heavy atom. The lowest BCUT2D eigenvalue weighted by molar-refractivity contribution is 0.607. The van der Waals surface area contributed by atoms with Crippen LogP contribution in [0.4, 0.5) is 11.4 Å². The van der Waals surface area contributed by atoms with E-state index < -0.39 is 10.0 Å². The molecule has 0 aromatic heterocycles. The molecule has 4 nitrogen and oxygen atoms in total. The molecule has 3 aromatic carbocycles. The highest BCUT2D eigenvalue weighted by Crippen LogP contribution is 2.38. The first-order valence-electron chi connectivity index (χ1n) is 8.30. The van der Waals surface area contributed by atoms with E-state index in [9.17, 15) is 8.42 Å². The lowest BCUT2D eigenvalue weighted by Crippen LogP contribution is -2.10. The van der Waals surface area contributed by atoms with Crippen molar-refractivity contribution in [1.29, 1.82) is 0 Å². The van der Waals surface area contributed by atoms with Crippen LogP contribution in [0.25, 0.3) is 22.9 Å². The van der Waals surface area contributed by atoms with E-state index in [0.717, 1.165) is 39.9 Å². The molecular formula is C21H16ClN2O2S. The maximum atomic E-state index is 11.6. The lowest BCUT2D eigenvalue weighted by atomic mass is 10.0. The van der Waals surface area contributed by atoms with Crippen LogP contribution in [-0.4, -0.2) is 14.7 Å². The SMILES string of the molecule is CS(=O)(=O)Nc1cccc2c1C=C(c1cccc(-c3ccccc3Cl)c1)[N]2. The Morgan fingerprint density at radius 1 is 0.926 bits per heavy atom.